The quantitative estimate of drug-likeness (QED) is 0.627. The lowest BCUT2D eigenvalue weighted by Crippen LogP contribution is -2.42. The molecule has 3 heterocycles. The summed E-state index contributed by atoms with van der Waals surface area (Å²) in [4.78, 5) is 32.6. The van der Waals surface area contributed by atoms with E-state index in [-0.39, 0.29) is 17.7 Å². The number of aromatic nitrogens is 2. The van der Waals surface area contributed by atoms with Crippen LogP contribution in [0.2, 0.25) is 0 Å². The molecule has 1 atom stereocenters. The van der Waals surface area contributed by atoms with Gasteiger partial charge in [-0.05, 0) is 55.9 Å². The highest BCUT2D eigenvalue weighted by Crippen LogP contribution is 2.30. The Morgan fingerprint density at radius 2 is 2.00 bits per heavy atom. The molecule has 0 fully saturated rings. The molecule has 2 aromatic heterocycles. The average molecular weight is 461 g/mol. The number of hydrogen-bond acceptors (Lipinski definition) is 6. The van der Waals surface area contributed by atoms with Gasteiger partial charge in [0.15, 0.2) is 5.69 Å². The van der Waals surface area contributed by atoms with E-state index in [9.17, 15) is 9.59 Å². The van der Waals surface area contributed by atoms with Gasteiger partial charge in [0.1, 0.15) is 5.75 Å². The van der Waals surface area contributed by atoms with Crippen molar-refractivity contribution in [3.05, 3.63) is 75.9 Å². The summed E-state index contributed by atoms with van der Waals surface area (Å²) in [6.07, 6.45) is 3.79. The van der Waals surface area contributed by atoms with Crippen molar-refractivity contribution in [2.24, 2.45) is 0 Å². The highest BCUT2D eigenvalue weighted by molar-refractivity contribution is 5.95. The molecule has 176 valence electrons. The minimum absolute atomic E-state index is 0.0626. The summed E-state index contributed by atoms with van der Waals surface area (Å²) < 4.78 is 10.8. The first kappa shape index (κ1) is 22.1. The monoisotopic (exact) mass is 460 g/mol. The third-order valence-electron chi connectivity index (χ3n) is 6.68. The highest BCUT2D eigenvalue weighted by atomic mass is 16.5. The van der Waals surface area contributed by atoms with Crippen molar-refractivity contribution in [1.29, 1.82) is 0 Å². The summed E-state index contributed by atoms with van der Waals surface area (Å²) in [5, 5.41) is 7.12. The van der Waals surface area contributed by atoms with Crippen LogP contribution in [0.5, 0.6) is 5.75 Å². The number of amides is 2. The Hall–Kier alpha value is -3.68. The maximum absolute atomic E-state index is 13.4. The first-order valence-corrected chi connectivity index (χ1v) is 11.7. The fourth-order valence-electron chi connectivity index (χ4n) is 4.92. The highest BCUT2D eigenvalue weighted by Gasteiger charge is 2.32. The zero-order chi connectivity index (χ0) is 23.7. The van der Waals surface area contributed by atoms with Crippen LogP contribution in [0.3, 0.4) is 0 Å². The van der Waals surface area contributed by atoms with E-state index < -0.39 is 0 Å². The smallest absolute Gasteiger partial charge is 0.290 e. The van der Waals surface area contributed by atoms with Crippen LogP contribution in [0.4, 0.5) is 0 Å². The minimum atomic E-state index is -0.251. The second-order valence-electron chi connectivity index (χ2n) is 8.94. The van der Waals surface area contributed by atoms with Crippen molar-refractivity contribution in [1.82, 2.24) is 20.4 Å². The van der Waals surface area contributed by atoms with E-state index >= 15 is 0 Å². The molecule has 8 nitrogen and oxygen atoms in total. The fourth-order valence-corrected chi connectivity index (χ4v) is 4.92. The second-order valence-corrected chi connectivity index (χ2v) is 8.94. The number of benzene rings is 1. The van der Waals surface area contributed by atoms with E-state index in [1.165, 1.54) is 7.11 Å². The molecule has 8 heteroatoms. The predicted octanol–water partition coefficient (Wildman–Crippen LogP) is 3.44. The van der Waals surface area contributed by atoms with Crippen molar-refractivity contribution < 1.29 is 18.8 Å². The second kappa shape index (κ2) is 9.29. The number of pyridine rings is 1. The van der Waals surface area contributed by atoms with Gasteiger partial charge in [-0.3, -0.25) is 9.59 Å². The number of ether oxygens (including phenoxy) is 1. The standard InChI is InChI=1S/C26H28N4O4/c1-16-11-12-22(33-2)23(28-16)26(32)30-14-17-7-3-4-8-19(17)18(15-30)13-27-25(31)24-20-9-5-6-10-21(20)29-34-24/h3-4,7-8,11-12,18H,5-6,9-10,13-15H2,1-2H3,(H,27,31). The van der Waals surface area contributed by atoms with Crippen LogP contribution in [0.1, 0.15) is 67.9 Å². The van der Waals surface area contributed by atoms with Gasteiger partial charge in [-0.25, -0.2) is 4.98 Å². The number of methoxy groups -OCH3 is 1. The van der Waals surface area contributed by atoms with E-state index in [4.69, 9.17) is 9.26 Å². The summed E-state index contributed by atoms with van der Waals surface area (Å²) in [7, 11) is 1.54. The molecule has 1 aromatic carbocycles. The van der Waals surface area contributed by atoms with Crippen molar-refractivity contribution in [2.45, 2.75) is 45.1 Å². The first-order chi connectivity index (χ1) is 16.5. The molecule has 1 unspecified atom stereocenters. The van der Waals surface area contributed by atoms with Crippen molar-refractivity contribution in [3.8, 4) is 5.75 Å². The van der Waals surface area contributed by atoms with Crippen LogP contribution in [0.25, 0.3) is 0 Å². The van der Waals surface area contributed by atoms with Crippen LogP contribution in [-0.4, -0.2) is 47.1 Å². The lowest BCUT2D eigenvalue weighted by Gasteiger charge is -2.35. The largest absolute Gasteiger partial charge is 0.494 e. The Bertz CT molecular complexity index is 1240. The zero-order valence-electron chi connectivity index (χ0n) is 19.5. The molecule has 0 saturated heterocycles. The molecule has 5 rings (SSSR count). The molecule has 1 aliphatic heterocycles. The number of aryl methyl sites for hydroxylation is 2. The maximum atomic E-state index is 13.4. The molecule has 1 aliphatic carbocycles. The van der Waals surface area contributed by atoms with Gasteiger partial charge in [0.25, 0.3) is 11.8 Å². The van der Waals surface area contributed by atoms with Gasteiger partial charge < -0.3 is 19.5 Å². The number of carbonyl (C=O) groups is 2. The number of nitrogens with one attached hydrogen (secondary N) is 1. The van der Waals surface area contributed by atoms with E-state index in [0.29, 0.717) is 36.8 Å². The predicted molar refractivity (Wildman–Crippen MR) is 125 cm³/mol. The number of carbonyl (C=O) groups excluding carboxylic acids is 2. The summed E-state index contributed by atoms with van der Waals surface area (Å²) in [5.41, 5.74) is 5.08. The van der Waals surface area contributed by atoms with Crippen LogP contribution in [0, 0.1) is 6.92 Å². The molecule has 0 saturated carbocycles. The third-order valence-corrected chi connectivity index (χ3v) is 6.68. The van der Waals surface area contributed by atoms with Crippen molar-refractivity contribution in [3.63, 3.8) is 0 Å². The minimum Gasteiger partial charge on any atom is -0.494 e. The van der Waals surface area contributed by atoms with Gasteiger partial charge >= 0.3 is 0 Å². The van der Waals surface area contributed by atoms with Crippen LogP contribution < -0.4 is 10.1 Å². The molecule has 2 amide bonds. The summed E-state index contributed by atoms with van der Waals surface area (Å²) in [6.45, 7) is 3.17. The van der Waals surface area contributed by atoms with Gasteiger partial charge in [0, 0.05) is 36.8 Å². The van der Waals surface area contributed by atoms with Crippen LogP contribution in [0.15, 0.2) is 40.9 Å². The fraction of sp³-hybridized carbons (Fsp3) is 0.385. The third kappa shape index (κ3) is 4.16. The molecule has 1 N–H and O–H groups in total. The van der Waals surface area contributed by atoms with Crippen molar-refractivity contribution in [2.75, 3.05) is 20.2 Å². The Morgan fingerprint density at radius 3 is 2.85 bits per heavy atom. The number of nitrogens with zero attached hydrogens (tertiary/aromatic N) is 3. The lowest BCUT2D eigenvalue weighted by molar-refractivity contribution is 0.0705. The number of hydrogen-bond donors (Lipinski definition) is 1. The Morgan fingerprint density at radius 1 is 1.18 bits per heavy atom. The number of fused-ring (bicyclic) bond motifs is 2. The van der Waals surface area contributed by atoms with Gasteiger partial charge in [-0.15, -0.1) is 0 Å². The van der Waals surface area contributed by atoms with Gasteiger partial charge in [-0.1, -0.05) is 29.4 Å². The Balaban J connectivity index is 1.36. The summed E-state index contributed by atoms with van der Waals surface area (Å²) in [6, 6.07) is 11.6. The molecule has 0 radical (unpaired) electrons. The van der Waals surface area contributed by atoms with E-state index in [0.717, 1.165) is 53.8 Å². The van der Waals surface area contributed by atoms with Gasteiger partial charge in [0.2, 0.25) is 5.76 Å². The molecule has 0 spiro atoms. The topological polar surface area (TPSA) is 97.6 Å². The molecular formula is C26H28N4O4. The van der Waals surface area contributed by atoms with Crippen molar-refractivity contribution >= 4 is 11.8 Å². The average Bonchev–Trinajstić information content (AvgIpc) is 3.31. The maximum Gasteiger partial charge on any atom is 0.290 e. The molecule has 0 bridgehead atoms. The van der Waals surface area contributed by atoms with Gasteiger partial charge in [0.05, 0.1) is 12.8 Å². The SMILES string of the molecule is COc1ccc(C)nc1C(=O)N1Cc2ccccc2C(CNC(=O)c2onc3c2CCCC3)C1. The number of rotatable bonds is 5. The van der Waals surface area contributed by atoms with Crippen LogP contribution in [-0.2, 0) is 19.4 Å². The zero-order valence-corrected chi connectivity index (χ0v) is 19.5. The molecule has 34 heavy (non-hydrogen) atoms. The van der Waals surface area contributed by atoms with Gasteiger partial charge in [-0.2, -0.15) is 0 Å². The van der Waals surface area contributed by atoms with E-state index in [2.05, 4.69) is 21.5 Å². The first-order valence-electron chi connectivity index (χ1n) is 11.7. The summed E-state index contributed by atoms with van der Waals surface area (Å²) >= 11 is 0. The van der Waals surface area contributed by atoms with E-state index in [1.807, 2.05) is 31.2 Å². The summed E-state index contributed by atoms with van der Waals surface area (Å²) in [5.74, 6) is 0.275. The Kier molecular flexibility index (Phi) is 6.04. The Labute approximate surface area is 198 Å². The molecule has 2 aliphatic rings. The lowest BCUT2D eigenvalue weighted by atomic mass is 9.89. The van der Waals surface area contributed by atoms with E-state index in [1.54, 1.807) is 11.0 Å². The normalized spacial score (nSPS) is 17.0. The molecule has 3 aromatic rings. The van der Waals surface area contributed by atoms with Crippen LogP contribution >= 0.6 is 0 Å². The molecular weight excluding hydrogens is 432 g/mol.